The van der Waals surface area contributed by atoms with Crippen LogP contribution in [-0.4, -0.2) is 54.0 Å². The number of carboxylic acids is 1. The van der Waals surface area contributed by atoms with Crippen molar-refractivity contribution in [2.45, 2.75) is 25.0 Å². The maximum atomic E-state index is 12.6. The number of carbonyl (C=O) groups is 2. The van der Waals surface area contributed by atoms with Crippen LogP contribution in [0.25, 0.3) is 11.1 Å². The lowest BCUT2D eigenvalue weighted by Crippen LogP contribution is -2.53. The zero-order valence-electron chi connectivity index (χ0n) is 15.0. The molecule has 0 bridgehead atoms. The van der Waals surface area contributed by atoms with Gasteiger partial charge >= 0.3 is 12.1 Å². The van der Waals surface area contributed by atoms with Crippen molar-refractivity contribution in [1.82, 2.24) is 4.90 Å². The number of amides is 1. The Morgan fingerprint density at radius 3 is 2.30 bits per heavy atom. The second-order valence-corrected chi connectivity index (χ2v) is 6.97. The topological polar surface area (TPSA) is 76.1 Å². The third-order valence-electron chi connectivity index (χ3n) is 5.28. The van der Waals surface area contributed by atoms with Gasteiger partial charge in [-0.1, -0.05) is 48.5 Å². The zero-order chi connectivity index (χ0) is 19.0. The number of rotatable bonds is 3. The van der Waals surface area contributed by atoms with Gasteiger partial charge in [0.25, 0.3) is 0 Å². The number of fused-ring (bicyclic) bond motifs is 3. The summed E-state index contributed by atoms with van der Waals surface area (Å²) in [6.45, 7) is 2.21. The van der Waals surface area contributed by atoms with E-state index in [4.69, 9.17) is 14.6 Å². The van der Waals surface area contributed by atoms with Crippen LogP contribution >= 0.6 is 0 Å². The molecule has 0 radical (unpaired) electrons. The quantitative estimate of drug-likeness (QED) is 0.902. The smallest absolute Gasteiger partial charge is 0.410 e. The van der Waals surface area contributed by atoms with Gasteiger partial charge in [0.2, 0.25) is 0 Å². The summed E-state index contributed by atoms with van der Waals surface area (Å²) in [5, 5.41) is 9.14. The van der Waals surface area contributed by atoms with Gasteiger partial charge in [-0.25, -0.2) is 9.59 Å². The Labute approximate surface area is 157 Å². The van der Waals surface area contributed by atoms with Gasteiger partial charge in [-0.15, -0.1) is 0 Å². The molecule has 6 heteroatoms. The lowest BCUT2D eigenvalue weighted by molar-refractivity contribution is -0.157. The fourth-order valence-corrected chi connectivity index (χ4v) is 3.84. The lowest BCUT2D eigenvalue weighted by Gasteiger charge is -2.35. The summed E-state index contributed by atoms with van der Waals surface area (Å²) in [4.78, 5) is 25.2. The molecule has 1 aliphatic heterocycles. The summed E-state index contributed by atoms with van der Waals surface area (Å²) in [6.07, 6.45) is -1.51. The molecule has 1 N–H and O–H groups in total. The molecule has 1 fully saturated rings. The number of ether oxygens (including phenoxy) is 2. The number of carboxylic acid groups (broad SMARTS) is 1. The Kier molecular flexibility index (Phi) is 4.58. The van der Waals surface area contributed by atoms with Crippen LogP contribution in [0.3, 0.4) is 0 Å². The van der Waals surface area contributed by atoms with Gasteiger partial charge in [-0.3, -0.25) is 4.90 Å². The second kappa shape index (κ2) is 7.04. The number of nitrogens with zero attached hydrogens (tertiary/aromatic N) is 1. The minimum atomic E-state index is -1.07. The van der Waals surface area contributed by atoms with E-state index >= 15 is 0 Å². The summed E-state index contributed by atoms with van der Waals surface area (Å²) in [5.74, 6) is -1.09. The molecule has 6 nitrogen and oxygen atoms in total. The molecule has 2 atom stereocenters. The Hall–Kier alpha value is -2.86. The minimum absolute atomic E-state index is 0.00677. The van der Waals surface area contributed by atoms with Crippen molar-refractivity contribution in [3.63, 3.8) is 0 Å². The van der Waals surface area contributed by atoms with Crippen LogP contribution in [0.5, 0.6) is 0 Å². The van der Waals surface area contributed by atoms with E-state index in [2.05, 4.69) is 24.3 Å². The van der Waals surface area contributed by atoms with E-state index < -0.39 is 18.2 Å². The van der Waals surface area contributed by atoms with Crippen LogP contribution in [0, 0.1) is 0 Å². The average molecular weight is 367 g/mol. The number of morpholine rings is 1. The monoisotopic (exact) mass is 367 g/mol. The van der Waals surface area contributed by atoms with Gasteiger partial charge in [0.15, 0.2) is 6.10 Å². The Balaban J connectivity index is 1.50. The van der Waals surface area contributed by atoms with E-state index in [1.165, 1.54) is 16.0 Å². The van der Waals surface area contributed by atoms with E-state index in [1.54, 1.807) is 0 Å². The zero-order valence-corrected chi connectivity index (χ0v) is 15.0. The van der Waals surface area contributed by atoms with Gasteiger partial charge in [-0.2, -0.15) is 0 Å². The van der Waals surface area contributed by atoms with Gasteiger partial charge in [0.1, 0.15) is 6.61 Å². The Morgan fingerprint density at radius 2 is 1.70 bits per heavy atom. The van der Waals surface area contributed by atoms with E-state index in [1.807, 2.05) is 31.2 Å². The van der Waals surface area contributed by atoms with Gasteiger partial charge in [0, 0.05) is 5.92 Å². The molecular formula is C21H21NO5. The Morgan fingerprint density at radius 1 is 1.11 bits per heavy atom. The molecule has 27 heavy (non-hydrogen) atoms. The standard InChI is InChI=1S/C21H21NO5/c1-13-11-26-19(20(23)24)10-22(13)21(25)27-12-18-16-8-4-2-6-14(16)15-7-3-5-9-17(15)18/h2-9,13,18-19H,10-12H2,1H3,(H,23,24)/t13-,19+/m1/s1. The van der Waals surface area contributed by atoms with Crippen molar-refractivity contribution < 1.29 is 24.2 Å². The third kappa shape index (κ3) is 3.17. The van der Waals surface area contributed by atoms with Crippen LogP contribution < -0.4 is 0 Å². The van der Waals surface area contributed by atoms with Crippen molar-refractivity contribution in [2.24, 2.45) is 0 Å². The van der Waals surface area contributed by atoms with Crippen molar-refractivity contribution >= 4 is 12.1 Å². The molecule has 2 aromatic rings. The first kappa shape index (κ1) is 17.5. The molecule has 0 aromatic heterocycles. The summed E-state index contributed by atoms with van der Waals surface area (Å²) >= 11 is 0. The third-order valence-corrected chi connectivity index (χ3v) is 5.28. The second-order valence-electron chi connectivity index (χ2n) is 6.97. The first-order valence-corrected chi connectivity index (χ1v) is 9.02. The molecule has 0 spiro atoms. The predicted molar refractivity (Wildman–Crippen MR) is 98.6 cm³/mol. The summed E-state index contributed by atoms with van der Waals surface area (Å²) < 4.78 is 10.9. The summed E-state index contributed by atoms with van der Waals surface area (Å²) in [5.41, 5.74) is 4.62. The molecule has 1 saturated heterocycles. The van der Waals surface area contributed by atoms with Crippen LogP contribution in [0.4, 0.5) is 4.79 Å². The predicted octanol–water partition coefficient (Wildman–Crippen LogP) is 3.11. The minimum Gasteiger partial charge on any atom is -0.479 e. The first-order valence-electron chi connectivity index (χ1n) is 9.02. The van der Waals surface area contributed by atoms with Gasteiger partial charge in [-0.05, 0) is 29.2 Å². The molecule has 2 aromatic carbocycles. The van der Waals surface area contributed by atoms with Crippen molar-refractivity contribution in [1.29, 1.82) is 0 Å². The Bertz CT molecular complexity index is 835. The molecular weight excluding hydrogens is 346 g/mol. The largest absolute Gasteiger partial charge is 0.479 e. The SMILES string of the molecule is C[C@@H]1CO[C@H](C(=O)O)CN1C(=O)OCC1c2ccccc2-c2ccccc21. The molecule has 4 rings (SSSR count). The number of hydrogen-bond acceptors (Lipinski definition) is 4. The summed E-state index contributed by atoms with van der Waals surface area (Å²) in [6, 6.07) is 16.0. The van der Waals surface area contributed by atoms with Crippen LogP contribution in [0.2, 0.25) is 0 Å². The maximum Gasteiger partial charge on any atom is 0.410 e. The highest BCUT2D eigenvalue weighted by Crippen LogP contribution is 2.44. The average Bonchev–Trinajstić information content (AvgIpc) is 3.00. The number of carbonyl (C=O) groups excluding carboxylic acids is 1. The van der Waals surface area contributed by atoms with E-state index in [0.29, 0.717) is 0 Å². The van der Waals surface area contributed by atoms with Crippen LogP contribution in [0.15, 0.2) is 48.5 Å². The fourth-order valence-electron chi connectivity index (χ4n) is 3.84. The fraction of sp³-hybridized carbons (Fsp3) is 0.333. The molecule has 1 aliphatic carbocycles. The number of aliphatic carboxylic acids is 1. The van der Waals surface area contributed by atoms with Crippen molar-refractivity contribution in [3.05, 3.63) is 59.7 Å². The first-order chi connectivity index (χ1) is 13.1. The number of hydrogen-bond donors (Lipinski definition) is 1. The molecule has 140 valence electrons. The molecule has 1 heterocycles. The van der Waals surface area contributed by atoms with E-state index in [-0.39, 0.29) is 31.7 Å². The summed E-state index contributed by atoms with van der Waals surface area (Å²) in [7, 11) is 0. The van der Waals surface area contributed by atoms with E-state index in [9.17, 15) is 9.59 Å². The highest BCUT2D eigenvalue weighted by atomic mass is 16.6. The molecule has 1 amide bonds. The molecule has 2 aliphatic rings. The van der Waals surface area contributed by atoms with Crippen molar-refractivity contribution in [2.75, 3.05) is 19.8 Å². The van der Waals surface area contributed by atoms with Gasteiger partial charge in [0.05, 0.1) is 19.2 Å². The van der Waals surface area contributed by atoms with Crippen LogP contribution in [-0.2, 0) is 14.3 Å². The van der Waals surface area contributed by atoms with Gasteiger partial charge < -0.3 is 14.6 Å². The molecule has 0 saturated carbocycles. The van der Waals surface area contributed by atoms with Crippen molar-refractivity contribution in [3.8, 4) is 11.1 Å². The highest BCUT2D eigenvalue weighted by Gasteiger charge is 2.35. The van der Waals surface area contributed by atoms with E-state index in [0.717, 1.165) is 11.1 Å². The molecule has 0 unspecified atom stereocenters. The highest BCUT2D eigenvalue weighted by molar-refractivity contribution is 5.79. The number of benzene rings is 2. The normalized spacial score (nSPS) is 21.4. The lowest BCUT2D eigenvalue weighted by atomic mass is 9.98. The van der Waals surface area contributed by atoms with Crippen LogP contribution in [0.1, 0.15) is 24.0 Å². The maximum absolute atomic E-state index is 12.6.